The standard InChI is InChI=1S/C11H13N3O2S/c1-3-16-11(15)9-6-14(7-13-9)8(2)10-12-4-5-17-10/h4-8H,3H2,1-2H3/t8-/m0/s1. The zero-order chi connectivity index (χ0) is 12.3. The Morgan fingerprint density at radius 2 is 2.41 bits per heavy atom. The normalized spacial score (nSPS) is 12.4. The molecule has 0 N–H and O–H groups in total. The maximum Gasteiger partial charge on any atom is 0.358 e. The highest BCUT2D eigenvalue weighted by molar-refractivity contribution is 7.09. The van der Waals surface area contributed by atoms with E-state index in [0.717, 1.165) is 5.01 Å². The Bertz CT molecular complexity index is 493. The van der Waals surface area contributed by atoms with Crippen molar-refractivity contribution in [3.8, 4) is 0 Å². The van der Waals surface area contributed by atoms with E-state index in [9.17, 15) is 4.79 Å². The van der Waals surface area contributed by atoms with Crippen molar-refractivity contribution in [1.29, 1.82) is 0 Å². The minimum atomic E-state index is -0.391. The van der Waals surface area contributed by atoms with Gasteiger partial charge in [0.2, 0.25) is 0 Å². The smallest absolute Gasteiger partial charge is 0.358 e. The fourth-order valence-corrected chi connectivity index (χ4v) is 2.13. The molecule has 2 aromatic heterocycles. The fourth-order valence-electron chi connectivity index (χ4n) is 1.43. The molecule has 2 aromatic rings. The van der Waals surface area contributed by atoms with E-state index in [-0.39, 0.29) is 6.04 Å². The van der Waals surface area contributed by atoms with Gasteiger partial charge in [0.25, 0.3) is 0 Å². The van der Waals surface area contributed by atoms with Crippen molar-refractivity contribution in [2.24, 2.45) is 0 Å². The van der Waals surface area contributed by atoms with Crippen molar-refractivity contribution < 1.29 is 9.53 Å². The molecule has 0 unspecified atom stereocenters. The van der Waals surface area contributed by atoms with Crippen LogP contribution in [0.2, 0.25) is 0 Å². The van der Waals surface area contributed by atoms with Crippen LogP contribution < -0.4 is 0 Å². The highest BCUT2D eigenvalue weighted by atomic mass is 32.1. The number of rotatable bonds is 4. The summed E-state index contributed by atoms with van der Waals surface area (Å²) in [4.78, 5) is 19.7. The van der Waals surface area contributed by atoms with Crippen LogP contribution in [0, 0.1) is 0 Å². The lowest BCUT2D eigenvalue weighted by molar-refractivity contribution is 0.0520. The number of esters is 1. The van der Waals surface area contributed by atoms with Crippen LogP contribution >= 0.6 is 11.3 Å². The van der Waals surface area contributed by atoms with E-state index >= 15 is 0 Å². The zero-order valence-corrected chi connectivity index (χ0v) is 10.5. The molecule has 2 heterocycles. The van der Waals surface area contributed by atoms with E-state index in [1.807, 2.05) is 16.9 Å². The minimum Gasteiger partial charge on any atom is -0.461 e. The lowest BCUT2D eigenvalue weighted by Crippen LogP contribution is -2.06. The number of ether oxygens (including phenoxy) is 1. The van der Waals surface area contributed by atoms with Gasteiger partial charge in [-0.15, -0.1) is 11.3 Å². The molecule has 0 aliphatic heterocycles. The molecular formula is C11H13N3O2S. The summed E-state index contributed by atoms with van der Waals surface area (Å²) in [6.07, 6.45) is 5.07. The van der Waals surface area contributed by atoms with Gasteiger partial charge in [0, 0.05) is 17.8 Å². The van der Waals surface area contributed by atoms with Gasteiger partial charge in [0.05, 0.1) is 19.0 Å². The maximum absolute atomic E-state index is 11.5. The SMILES string of the molecule is CCOC(=O)c1cn([C@@H](C)c2nccs2)cn1. The molecule has 90 valence electrons. The first-order valence-corrected chi connectivity index (χ1v) is 6.20. The lowest BCUT2D eigenvalue weighted by atomic mass is 10.3. The van der Waals surface area contributed by atoms with Crippen LogP contribution in [0.4, 0.5) is 0 Å². The Hall–Kier alpha value is -1.69. The largest absolute Gasteiger partial charge is 0.461 e. The molecule has 6 heteroatoms. The number of hydrogen-bond acceptors (Lipinski definition) is 5. The molecule has 5 nitrogen and oxygen atoms in total. The molecule has 0 radical (unpaired) electrons. The Morgan fingerprint density at radius 1 is 1.59 bits per heavy atom. The summed E-state index contributed by atoms with van der Waals surface area (Å²) >= 11 is 1.58. The lowest BCUT2D eigenvalue weighted by Gasteiger charge is -2.08. The monoisotopic (exact) mass is 251 g/mol. The van der Waals surface area contributed by atoms with Gasteiger partial charge in [0.1, 0.15) is 5.01 Å². The van der Waals surface area contributed by atoms with Gasteiger partial charge in [-0.05, 0) is 13.8 Å². The number of hydrogen-bond donors (Lipinski definition) is 0. The van der Waals surface area contributed by atoms with Crippen molar-refractivity contribution >= 4 is 17.3 Å². The van der Waals surface area contributed by atoms with Crippen LogP contribution in [0.25, 0.3) is 0 Å². The highest BCUT2D eigenvalue weighted by Gasteiger charge is 2.15. The summed E-state index contributed by atoms with van der Waals surface area (Å²) in [5.41, 5.74) is 0.329. The third-order valence-corrected chi connectivity index (χ3v) is 3.29. The summed E-state index contributed by atoms with van der Waals surface area (Å²) in [6.45, 7) is 4.14. The van der Waals surface area contributed by atoms with Gasteiger partial charge in [-0.1, -0.05) is 0 Å². The highest BCUT2D eigenvalue weighted by Crippen LogP contribution is 2.19. The van der Waals surface area contributed by atoms with Gasteiger partial charge in [-0.2, -0.15) is 0 Å². The third kappa shape index (κ3) is 2.52. The second kappa shape index (κ2) is 5.09. The molecular weight excluding hydrogens is 238 g/mol. The predicted octanol–water partition coefficient (Wildman–Crippen LogP) is 2.13. The molecule has 0 aliphatic carbocycles. The first-order chi connectivity index (χ1) is 8.22. The molecule has 0 aromatic carbocycles. The number of carbonyl (C=O) groups is 1. The number of nitrogens with zero attached hydrogens (tertiary/aromatic N) is 3. The molecule has 0 aliphatic rings. The van der Waals surface area contributed by atoms with Gasteiger partial charge in [-0.3, -0.25) is 0 Å². The van der Waals surface area contributed by atoms with Gasteiger partial charge in [-0.25, -0.2) is 14.8 Å². The molecule has 0 spiro atoms. The second-order valence-corrected chi connectivity index (χ2v) is 4.40. The van der Waals surface area contributed by atoms with Crippen molar-refractivity contribution in [3.63, 3.8) is 0 Å². The Balaban J connectivity index is 2.15. The fraction of sp³-hybridized carbons (Fsp3) is 0.364. The van der Waals surface area contributed by atoms with Crippen molar-refractivity contribution in [2.45, 2.75) is 19.9 Å². The molecule has 0 saturated heterocycles. The van der Waals surface area contributed by atoms with Crippen LogP contribution in [0.5, 0.6) is 0 Å². The minimum absolute atomic E-state index is 0.0747. The zero-order valence-electron chi connectivity index (χ0n) is 9.66. The number of aromatic nitrogens is 3. The molecule has 1 atom stereocenters. The Kier molecular flexibility index (Phi) is 3.53. The number of imidazole rings is 1. The first-order valence-electron chi connectivity index (χ1n) is 5.32. The Morgan fingerprint density at radius 3 is 3.06 bits per heavy atom. The molecule has 0 saturated carbocycles. The van der Waals surface area contributed by atoms with Crippen LogP contribution in [-0.2, 0) is 4.74 Å². The number of carbonyl (C=O) groups excluding carboxylic acids is 1. The van der Waals surface area contributed by atoms with E-state index in [4.69, 9.17) is 4.74 Å². The molecule has 17 heavy (non-hydrogen) atoms. The van der Waals surface area contributed by atoms with E-state index in [2.05, 4.69) is 9.97 Å². The van der Waals surface area contributed by atoms with Crippen molar-refractivity contribution in [2.75, 3.05) is 6.61 Å². The topological polar surface area (TPSA) is 57.0 Å². The summed E-state index contributed by atoms with van der Waals surface area (Å²) in [7, 11) is 0. The molecule has 0 amide bonds. The van der Waals surface area contributed by atoms with E-state index in [1.165, 1.54) is 0 Å². The summed E-state index contributed by atoms with van der Waals surface area (Å²) < 4.78 is 6.74. The van der Waals surface area contributed by atoms with Crippen LogP contribution in [-0.4, -0.2) is 27.1 Å². The van der Waals surface area contributed by atoms with Crippen LogP contribution in [0.3, 0.4) is 0 Å². The van der Waals surface area contributed by atoms with E-state index in [1.54, 1.807) is 37.0 Å². The van der Waals surface area contributed by atoms with Crippen molar-refractivity contribution in [1.82, 2.24) is 14.5 Å². The average molecular weight is 251 g/mol. The van der Waals surface area contributed by atoms with E-state index < -0.39 is 5.97 Å². The van der Waals surface area contributed by atoms with Gasteiger partial charge < -0.3 is 9.30 Å². The van der Waals surface area contributed by atoms with Crippen LogP contribution in [0.1, 0.15) is 35.4 Å². The van der Waals surface area contributed by atoms with Crippen LogP contribution in [0.15, 0.2) is 24.1 Å². The summed E-state index contributed by atoms with van der Waals surface area (Å²) in [6, 6.07) is 0.0747. The van der Waals surface area contributed by atoms with Crippen molar-refractivity contribution in [3.05, 3.63) is 34.8 Å². The summed E-state index contributed by atoms with van der Waals surface area (Å²) in [5.74, 6) is -0.391. The quantitative estimate of drug-likeness (QED) is 0.781. The van der Waals surface area contributed by atoms with E-state index in [0.29, 0.717) is 12.3 Å². The average Bonchev–Trinajstić information content (AvgIpc) is 3.00. The third-order valence-electron chi connectivity index (χ3n) is 2.34. The Labute approximate surface area is 103 Å². The number of thiazole rings is 1. The molecule has 2 rings (SSSR count). The maximum atomic E-state index is 11.5. The molecule has 0 bridgehead atoms. The van der Waals surface area contributed by atoms with Gasteiger partial charge >= 0.3 is 5.97 Å². The first kappa shape index (κ1) is 11.8. The second-order valence-electron chi connectivity index (χ2n) is 3.47. The predicted molar refractivity (Wildman–Crippen MR) is 64.1 cm³/mol. The van der Waals surface area contributed by atoms with Gasteiger partial charge in [0.15, 0.2) is 5.69 Å². The molecule has 0 fully saturated rings. The summed E-state index contributed by atoms with van der Waals surface area (Å²) in [5, 5.41) is 2.91.